The Balaban J connectivity index is 1.14. The highest BCUT2D eigenvalue weighted by atomic mass is 15.2. The summed E-state index contributed by atoms with van der Waals surface area (Å²) >= 11 is 0. The molecular formula is C46H39N. The molecule has 0 spiro atoms. The zero-order chi connectivity index (χ0) is 31.6. The Morgan fingerprint density at radius 2 is 1.04 bits per heavy atom. The van der Waals surface area contributed by atoms with E-state index in [1.807, 2.05) is 0 Å². The molecule has 1 saturated carbocycles. The summed E-state index contributed by atoms with van der Waals surface area (Å²) in [5.74, 6) is 0.570. The monoisotopic (exact) mass is 605 g/mol. The maximum atomic E-state index is 2.63. The minimum Gasteiger partial charge on any atom is -0.338 e. The lowest BCUT2D eigenvalue weighted by atomic mass is 9.92. The van der Waals surface area contributed by atoms with Crippen LogP contribution in [0.2, 0.25) is 0 Å². The summed E-state index contributed by atoms with van der Waals surface area (Å²) < 4.78 is 0. The van der Waals surface area contributed by atoms with Crippen molar-refractivity contribution in [1.29, 1.82) is 0 Å². The van der Waals surface area contributed by atoms with Crippen molar-refractivity contribution >= 4 is 34.7 Å². The van der Waals surface area contributed by atoms with E-state index in [2.05, 4.69) is 182 Å². The van der Waals surface area contributed by atoms with Crippen LogP contribution in [0.4, 0.5) is 11.4 Å². The van der Waals surface area contributed by atoms with Gasteiger partial charge in [0.2, 0.25) is 0 Å². The van der Waals surface area contributed by atoms with Crippen molar-refractivity contribution in [3.8, 4) is 0 Å². The Labute approximate surface area is 279 Å². The van der Waals surface area contributed by atoms with E-state index in [0.717, 1.165) is 0 Å². The first kappa shape index (κ1) is 29.0. The van der Waals surface area contributed by atoms with Gasteiger partial charge in [-0.15, -0.1) is 0 Å². The first-order valence-electron chi connectivity index (χ1n) is 16.9. The van der Waals surface area contributed by atoms with Gasteiger partial charge in [0.15, 0.2) is 0 Å². The highest BCUT2D eigenvalue weighted by Gasteiger charge is 2.42. The van der Waals surface area contributed by atoms with Crippen LogP contribution < -0.4 is 4.90 Å². The number of aryl methyl sites for hydroxylation is 1. The Hall–Kier alpha value is -5.40. The zero-order valence-corrected chi connectivity index (χ0v) is 26.9. The third-order valence-corrected chi connectivity index (χ3v) is 9.93. The molecule has 1 heteroatoms. The predicted octanol–water partition coefficient (Wildman–Crippen LogP) is 12.0. The summed E-state index contributed by atoms with van der Waals surface area (Å²) in [6.07, 6.45) is 8.47. The largest absolute Gasteiger partial charge is 0.338 e. The van der Waals surface area contributed by atoms with E-state index in [1.54, 1.807) is 0 Å². The third-order valence-electron chi connectivity index (χ3n) is 9.93. The van der Waals surface area contributed by atoms with Crippen molar-refractivity contribution in [2.45, 2.75) is 38.1 Å². The summed E-state index contributed by atoms with van der Waals surface area (Å²) in [7, 11) is 0. The summed E-state index contributed by atoms with van der Waals surface area (Å²) in [6.45, 7) is 2.15. The molecule has 0 bridgehead atoms. The van der Waals surface area contributed by atoms with Crippen molar-refractivity contribution in [3.05, 3.63) is 202 Å². The fourth-order valence-electron chi connectivity index (χ4n) is 7.62. The van der Waals surface area contributed by atoms with Crippen molar-refractivity contribution in [2.24, 2.45) is 0 Å². The van der Waals surface area contributed by atoms with Gasteiger partial charge in [-0.05, 0) is 106 Å². The quantitative estimate of drug-likeness (QED) is 0.164. The Bertz CT molecular complexity index is 2000. The molecule has 6 aromatic rings. The SMILES string of the molecule is Cc1ccc(C(=Cc2ccc3c(c2)C2CCCC2N3c2ccc(C=C(c3ccccc3)c3ccccc3)cc2)c2ccccc2)cc1. The average Bonchev–Trinajstić information content (AvgIpc) is 3.73. The van der Waals surface area contributed by atoms with Crippen LogP contribution in [0.1, 0.15) is 69.7 Å². The molecule has 47 heavy (non-hydrogen) atoms. The lowest BCUT2D eigenvalue weighted by Crippen LogP contribution is -2.26. The first-order valence-corrected chi connectivity index (χ1v) is 16.9. The summed E-state index contributed by atoms with van der Waals surface area (Å²) in [5.41, 5.74) is 15.4. The van der Waals surface area contributed by atoms with Gasteiger partial charge >= 0.3 is 0 Å². The molecule has 0 amide bonds. The fourth-order valence-corrected chi connectivity index (χ4v) is 7.62. The number of benzene rings is 6. The fraction of sp³-hybridized carbons (Fsp3) is 0.130. The summed E-state index contributed by atoms with van der Waals surface area (Å²) in [6, 6.07) is 58.0. The van der Waals surface area contributed by atoms with Crippen LogP contribution in [-0.4, -0.2) is 6.04 Å². The maximum absolute atomic E-state index is 2.63. The molecule has 1 heterocycles. The van der Waals surface area contributed by atoms with Gasteiger partial charge in [-0.3, -0.25) is 0 Å². The molecular weight excluding hydrogens is 567 g/mol. The molecule has 1 fully saturated rings. The molecule has 0 N–H and O–H groups in total. The van der Waals surface area contributed by atoms with Crippen molar-refractivity contribution in [3.63, 3.8) is 0 Å². The van der Waals surface area contributed by atoms with Gasteiger partial charge in [-0.1, -0.05) is 145 Å². The molecule has 228 valence electrons. The van der Waals surface area contributed by atoms with Gasteiger partial charge in [0, 0.05) is 23.3 Å². The predicted molar refractivity (Wildman–Crippen MR) is 200 cm³/mol. The van der Waals surface area contributed by atoms with Crippen LogP contribution in [-0.2, 0) is 0 Å². The van der Waals surface area contributed by atoms with E-state index in [-0.39, 0.29) is 0 Å². The smallest absolute Gasteiger partial charge is 0.0450 e. The second-order valence-corrected chi connectivity index (χ2v) is 13.0. The Morgan fingerprint density at radius 1 is 0.532 bits per heavy atom. The van der Waals surface area contributed by atoms with E-state index in [9.17, 15) is 0 Å². The second kappa shape index (κ2) is 12.8. The van der Waals surface area contributed by atoms with E-state index < -0.39 is 0 Å². The lowest BCUT2D eigenvalue weighted by Gasteiger charge is -2.27. The normalized spacial score (nSPS) is 16.9. The minimum absolute atomic E-state index is 0.514. The number of hydrogen-bond donors (Lipinski definition) is 0. The minimum atomic E-state index is 0.514. The molecule has 0 saturated heterocycles. The van der Waals surface area contributed by atoms with Crippen molar-refractivity contribution in [1.82, 2.24) is 0 Å². The van der Waals surface area contributed by atoms with Crippen LogP contribution in [0, 0.1) is 6.92 Å². The topological polar surface area (TPSA) is 3.24 Å². The van der Waals surface area contributed by atoms with Gasteiger partial charge in [0.1, 0.15) is 0 Å². The maximum Gasteiger partial charge on any atom is 0.0450 e. The van der Waals surface area contributed by atoms with Gasteiger partial charge in [-0.25, -0.2) is 0 Å². The second-order valence-electron chi connectivity index (χ2n) is 13.0. The van der Waals surface area contributed by atoms with Crippen molar-refractivity contribution < 1.29 is 0 Å². The van der Waals surface area contributed by atoms with E-state index in [4.69, 9.17) is 0 Å². The van der Waals surface area contributed by atoms with Crippen LogP contribution in [0.15, 0.2) is 158 Å². The van der Waals surface area contributed by atoms with Crippen LogP contribution in [0.25, 0.3) is 23.3 Å². The van der Waals surface area contributed by atoms with Crippen LogP contribution in [0.5, 0.6) is 0 Å². The van der Waals surface area contributed by atoms with E-state index >= 15 is 0 Å². The van der Waals surface area contributed by atoms with Gasteiger partial charge in [0.05, 0.1) is 0 Å². The van der Waals surface area contributed by atoms with Crippen LogP contribution in [0.3, 0.4) is 0 Å². The number of hydrogen-bond acceptors (Lipinski definition) is 1. The standard InChI is InChI=1S/C46H39N/c1-33-20-25-39(26-21-33)43(38-16-9-4-10-17-38)31-35-24-29-46-44(32-35)41-18-11-19-45(41)47(46)40-27-22-34(23-28-40)30-42(36-12-5-2-6-13-36)37-14-7-3-8-15-37/h2-10,12-17,20-32,41,45H,11,18-19H2,1H3. The van der Waals surface area contributed by atoms with Gasteiger partial charge in [-0.2, -0.15) is 0 Å². The molecule has 1 aliphatic carbocycles. The number of anilines is 2. The molecule has 2 unspecified atom stereocenters. The summed E-state index contributed by atoms with van der Waals surface area (Å²) in [4.78, 5) is 2.63. The molecule has 6 aromatic carbocycles. The first-order chi connectivity index (χ1) is 23.2. The van der Waals surface area contributed by atoms with E-state index in [1.165, 1.54) is 86.3 Å². The molecule has 1 nitrogen and oxygen atoms in total. The van der Waals surface area contributed by atoms with E-state index in [0.29, 0.717) is 12.0 Å². The summed E-state index contributed by atoms with van der Waals surface area (Å²) in [5, 5.41) is 0. The lowest BCUT2D eigenvalue weighted by molar-refractivity contribution is 0.642. The van der Waals surface area contributed by atoms with Gasteiger partial charge < -0.3 is 4.90 Å². The number of nitrogens with zero attached hydrogens (tertiary/aromatic N) is 1. The molecule has 1 aliphatic heterocycles. The zero-order valence-electron chi connectivity index (χ0n) is 26.9. The molecule has 8 rings (SSSR count). The Morgan fingerprint density at radius 3 is 1.62 bits per heavy atom. The van der Waals surface area contributed by atoms with Crippen molar-refractivity contribution in [2.75, 3.05) is 4.90 Å². The van der Waals surface area contributed by atoms with Gasteiger partial charge in [0.25, 0.3) is 0 Å². The number of fused-ring (bicyclic) bond motifs is 3. The Kier molecular flexibility index (Phi) is 7.89. The highest BCUT2D eigenvalue weighted by molar-refractivity contribution is 5.93. The average molecular weight is 606 g/mol. The molecule has 2 atom stereocenters. The molecule has 0 aromatic heterocycles. The van der Waals surface area contributed by atoms with Crippen LogP contribution >= 0.6 is 0 Å². The molecule has 2 aliphatic rings. The third kappa shape index (κ3) is 5.86. The highest BCUT2D eigenvalue weighted by Crippen LogP contribution is 2.52. The molecule has 0 radical (unpaired) electrons. The number of rotatable bonds is 7.